The molecule has 5 nitrogen and oxygen atoms in total. The molecule has 2 fully saturated rings. The largest absolute Gasteiger partial charge is 0.376 e. The number of benzene rings is 2. The number of fused-ring (bicyclic) bond motifs is 1. The van der Waals surface area contributed by atoms with E-state index in [1.807, 2.05) is 42.5 Å². The smallest absolute Gasteiger partial charge is 0.267 e. The number of thiocarbonyl (C=S) groups is 1. The number of hydrogen-bond donors (Lipinski definition) is 0. The predicted octanol–water partition coefficient (Wildman–Crippen LogP) is 4.64. The summed E-state index contributed by atoms with van der Waals surface area (Å²) in [6.45, 7) is 1.47. The van der Waals surface area contributed by atoms with E-state index >= 15 is 0 Å². The Morgan fingerprint density at radius 2 is 1.84 bits per heavy atom. The van der Waals surface area contributed by atoms with Crippen molar-refractivity contribution in [2.45, 2.75) is 25.5 Å². The van der Waals surface area contributed by atoms with Gasteiger partial charge in [0.25, 0.3) is 11.8 Å². The first-order valence-electron chi connectivity index (χ1n) is 10.1. The molecule has 2 aromatic carbocycles. The zero-order chi connectivity index (χ0) is 21.5. The van der Waals surface area contributed by atoms with Gasteiger partial charge in [-0.2, -0.15) is 0 Å². The SMILES string of the molecule is O=C1/C(=C2\C(=O)N(Cc3ccccc3Cl)c3ccccc32)SC(=S)N1CC1CCCO1. The average Bonchev–Trinajstić information content (AvgIpc) is 3.45. The third kappa shape index (κ3) is 3.69. The van der Waals surface area contributed by atoms with Crippen molar-refractivity contribution >= 4 is 63.0 Å². The number of halogens is 1. The highest BCUT2D eigenvalue weighted by Crippen LogP contribution is 2.45. The molecule has 0 spiro atoms. The Balaban J connectivity index is 1.51. The van der Waals surface area contributed by atoms with Gasteiger partial charge in [0.05, 0.1) is 35.4 Å². The molecule has 1 atom stereocenters. The number of carbonyl (C=O) groups is 2. The van der Waals surface area contributed by atoms with E-state index in [1.54, 1.807) is 15.9 Å². The summed E-state index contributed by atoms with van der Waals surface area (Å²) in [5.41, 5.74) is 2.78. The van der Waals surface area contributed by atoms with Crippen LogP contribution in [-0.2, 0) is 20.9 Å². The van der Waals surface area contributed by atoms with E-state index in [0.29, 0.717) is 39.5 Å². The monoisotopic (exact) mass is 470 g/mol. The van der Waals surface area contributed by atoms with E-state index < -0.39 is 0 Å². The van der Waals surface area contributed by atoms with Gasteiger partial charge in [-0.25, -0.2) is 0 Å². The van der Waals surface area contributed by atoms with Crippen molar-refractivity contribution in [3.8, 4) is 0 Å². The first kappa shape index (κ1) is 20.7. The lowest BCUT2D eigenvalue weighted by Crippen LogP contribution is -2.35. The average molecular weight is 471 g/mol. The van der Waals surface area contributed by atoms with Crippen molar-refractivity contribution in [3.63, 3.8) is 0 Å². The number of anilines is 1. The van der Waals surface area contributed by atoms with E-state index in [9.17, 15) is 9.59 Å². The number of thioether (sulfide) groups is 1. The number of amides is 2. The van der Waals surface area contributed by atoms with Crippen molar-refractivity contribution in [3.05, 3.63) is 69.6 Å². The summed E-state index contributed by atoms with van der Waals surface area (Å²) in [6.07, 6.45) is 1.90. The first-order valence-corrected chi connectivity index (χ1v) is 11.7. The fraction of sp³-hybridized carbons (Fsp3) is 0.261. The van der Waals surface area contributed by atoms with Gasteiger partial charge in [0.15, 0.2) is 0 Å². The fourth-order valence-corrected chi connectivity index (χ4v) is 5.69. The van der Waals surface area contributed by atoms with Crippen LogP contribution >= 0.6 is 35.6 Å². The number of carbonyl (C=O) groups excluding carboxylic acids is 2. The normalized spacial score (nSPS) is 23.3. The van der Waals surface area contributed by atoms with Gasteiger partial charge in [-0.1, -0.05) is 72.0 Å². The van der Waals surface area contributed by atoms with Crippen LogP contribution in [0.2, 0.25) is 5.02 Å². The van der Waals surface area contributed by atoms with E-state index in [1.165, 1.54) is 11.8 Å². The summed E-state index contributed by atoms with van der Waals surface area (Å²) in [4.78, 5) is 30.5. The molecule has 2 aromatic rings. The lowest BCUT2D eigenvalue weighted by atomic mass is 10.1. The van der Waals surface area contributed by atoms with E-state index in [0.717, 1.165) is 29.7 Å². The molecule has 0 aromatic heterocycles. The van der Waals surface area contributed by atoms with Crippen molar-refractivity contribution in [2.24, 2.45) is 0 Å². The van der Waals surface area contributed by atoms with Gasteiger partial charge in [-0.3, -0.25) is 14.5 Å². The second kappa shape index (κ2) is 8.39. The van der Waals surface area contributed by atoms with Crippen LogP contribution in [0.3, 0.4) is 0 Å². The zero-order valence-corrected chi connectivity index (χ0v) is 18.9. The molecule has 0 saturated carbocycles. The second-order valence-corrected chi connectivity index (χ2v) is 9.67. The minimum atomic E-state index is -0.219. The van der Waals surface area contributed by atoms with Gasteiger partial charge in [0, 0.05) is 17.2 Å². The van der Waals surface area contributed by atoms with Crippen LogP contribution < -0.4 is 4.90 Å². The van der Waals surface area contributed by atoms with Gasteiger partial charge >= 0.3 is 0 Å². The Bertz CT molecular complexity index is 1130. The van der Waals surface area contributed by atoms with Crippen LogP contribution in [0.15, 0.2) is 53.4 Å². The molecule has 5 rings (SSSR count). The summed E-state index contributed by atoms with van der Waals surface area (Å²) in [5, 5.41) is 0.601. The van der Waals surface area contributed by atoms with Gasteiger partial charge in [0.2, 0.25) is 0 Å². The van der Waals surface area contributed by atoms with Crippen molar-refractivity contribution in [2.75, 3.05) is 18.1 Å². The number of hydrogen-bond acceptors (Lipinski definition) is 5. The Hall–Kier alpha value is -2.19. The molecule has 3 heterocycles. The van der Waals surface area contributed by atoms with E-state index in [2.05, 4.69) is 0 Å². The molecule has 31 heavy (non-hydrogen) atoms. The lowest BCUT2D eigenvalue weighted by Gasteiger charge is -2.19. The third-order valence-electron chi connectivity index (χ3n) is 5.70. The molecule has 0 aliphatic carbocycles. The molecule has 3 aliphatic rings. The van der Waals surface area contributed by atoms with Crippen molar-refractivity contribution in [1.82, 2.24) is 4.90 Å². The van der Waals surface area contributed by atoms with Crippen molar-refractivity contribution < 1.29 is 14.3 Å². The number of ether oxygens (including phenoxy) is 1. The highest BCUT2D eigenvalue weighted by molar-refractivity contribution is 8.26. The summed E-state index contributed by atoms with van der Waals surface area (Å²) < 4.78 is 6.15. The van der Waals surface area contributed by atoms with E-state index in [-0.39, 0.29) is 17.9 Å². The summed E-state index contributed by atoms with van der Waals surface area (Å²) in [5.74, 6) is -0.429. The Kier molecular flexibility index (Phi) is 5.60. The predicted molar refractivity (Wildman–Crippen MR) is 127 cm³/mol. The maximum atomic E-state index is 13.5. The van der Waals surface area contributed by atoms with Crippen molar-refractivity contribution in [1.29, 1.82) is 0 Å². The summed E-state index contributed by atoms with van der Waals surface area (Å²) in [6, 6.07) is 15.0. The Labute approximate surface area is 195 Å². The van der Waals surface area contributed by atoms with Crippen LogP contribution in [0.4, 0.5) is 5.69 Å². The second-order valence-electron chi connectivity index (χ2n) is 7.62. The molecule has 2 amide bonds. The van der Waals surface area contributed by atoms with Crippen LogP contribution in [-0.4, -0.2) is 40.3 Å². The maximum Gasteiger partial charge on any atom is 0.267 e. The first-order chi connectivity index (χ1) is 15.0. The molecule has 8 heteroatoms. The van der Waals surface area contributed by atoms with Gasteiger partial charge in [0.1, 0.15) is 4.32 Å². The molecule has 3 aliphatic heterocycles. The third-order valence-corrected chi connectivity index (χ3v) is 7.51. The van der Waals surface area contributed by atoms with Crippen LogP contribution in [0, 0.1) is 0 Å². The van der Waals surface area contributed by atoms with Gasteiger partial charge < -0.3 is 9.64 Å². The lowest BCUT2D eigenvalue weighted by molar-refractivity contribution is -0.123. The molecule has 0 bridgehead atoms. The van der Waals surface area contributed by atoms with Crippen LogP contribution in [0.25, 0.3) is 5.57 Å². The molecule has 1 unspecified atom stereocenters. The maximum absolute atomic E-state index is 13.5. The Morgan fingerprint density at radius 1 is 1.06 bits per heavy atom. The molecular weight excluding hydrogens is 452 g/mol. The van der Waals surface area contributed by atoms with E-state index in [4.69, 9.17) is 28.6 Å². The van der Waals surface area contributed by atoms with Crippen LogP contribution in [0.5, 0.6) is 0 Å². The highest BCUT2D eigenvalue weighted by Gasteiger charge is 2.42. The summed E-state index contributed by atoms with van der Waals surface area (Å²) in [7, 11) is 0. The minimum absolute atomic E-state index is 0.00450. The highest BCUT2D eigenvalue weighted by atomic mass is 35.5. The molecule has 158 valence electrons. The standard InChI is InChI=1S/C23H19ClN2O3S2/c24-17-9-3-1-6-14(17)12-25-18-10-4-2-8-16(18)19(21(25)27)20-22(28)26(23(30)31-20)13-15-7-5-11-29-15/h1-4,6,8-10,15H,5,7,11-13H2/b20-19+. The van der Waals surface area contributed by atoms with Crippen LogP contribution in [0.1, 0.15) is 24.0 Å². The number of para-hydroxylation sites is 1. The molecule has 0 radical (unpaired) electrons. The molecular formula is C23H19ClN2O3S2. The molecule has 2 saturated heterocycles. The van der Waals surface area contributed by atoms with Gasteiger partial charge in [-0.15, -0.1) is 0 Å². The summed E-state index contributed by atoms with van der Waals surface area (Å²) >= 11 is 13.0. The zero-order valence-electron chi connectivity index (χ0n) is 16.5. The fourth-order valence-electron chi connectivity index (χ4n) is 4.15. The quantitative estimate of drug-likeness (QED) is 0.481. The van der Waals surface area contributed by atoms with Gasteiger partial charge in [-0.05, 0) is 30.5 Å². The molecule has 0 N–H and O–H groups in total. The number of nitrogens with zero attached hydrogens (tertiary/aromatic N) is 2. The Morgan fingerprint density at radius 3 is 2.61 bits per heavy atom. The number of rotatable bonds is 4. The minimum Gasteiger partial charge on any atom is -0.376 e. The topological polar surface area (TPSA) is 49.9 Å².